The topological polar surface area (TPSA) is 72.8 Å². The number of carbonyl (C=O) groups excluding carboxylic acids is 1. The van der Waals surface area contributed by atoms with Gasteiger partial charge in [-0.3, -0.25) is 14.9 Å². The molecular weight excluding hydrogens is 399 g/mol. The minimum Gasteiger partial charge on any atom is -0.387 e. The third kappa shape index (κ3) is 5.13. The number of hydrogen-bond donors (Lipinski definition) is 3. The molecule has 3 N–H and O–H groups in total. The molecule has 0 saturated carbocycles. The third-order valence-corrected chi connectivity index (χ3v) is 5.70. The summed E-state index contributed by atoms with van der Waals surface area (Å²) in [4.78, 5) is 13.3. The molecule has 1 amide bonds. The van der Waals surface area contributed by atoms with Gasteiger partial charge in [-0.15, -0.1) is 0 Å². The number of likely N-dealkylation sites (tertiary alicyclic amines) is 1. The molecule has 5 nitrogen and oxygen atoms in total. The predicted molar refractivity (Wildman–Crippen MR) is 110 cm³/mol. The summed E-state index contributed by atoms with van der Waals surface area (Å²) < 4.78 is 0. The average molecular weight is 421 g/mol. The standard InChI is InChI=1S/C21H22Cl2N2O3/c22-17-9-8-16(12-18(17)23)20(26)13-25-11-1-2-19(25)15-6-3-14(4-7-15)5-10-21(27)24-28/h3-10,12,19-20,26,28H,1-2,11,13H2,(H,24,27)/b10-5+. The van der Waals surface area contributed by atoms with Crippen LogP contribution in [0.4, 0.5) is 0 Å². The first kappa shape index (κ1) is 20.8. The van der Waals surface area contributed by atoms with Crippen molar-refractivity contribution < 1.29 is 15.1 Å². The largest absolute Gasteiger partial charge is 0.387 e. The smallest absolute Gasteiger partial charge is 0.267 e. The fraction of sp³-hybridized carbons (Fsp3) is 0.286. The number of β-amino-alcohol motifs (C(OH)–C–C–N with tert-alkyl or cyclic N) is 1. The Labute approximate surface area is 174 Å². The molecule has 0 radical (unpaired) electrons. The molecule has 148 valence electrons. The van der Waals surface area contributed by atoms with Crippen LogP contribution in [0.1, 0.15) is 41.7 Å². The van der Waals surface area contributed by atoms with Crippen LogP contribution >= 0.6 is 23.2 Å². The summed E-state index contributed by atoms with van der Waals surface area (Å²) >= 11 is 12.0. The van der Waals surface area contributed by atoms with Gasteiger partial charge in [0.15, 0.2) is 0 Å². The SMILES string of the molecule is O=C(/C=C/c1ccc(C2CCCN2CC(O)c2ccc(Cl)c(Cl)c2)cc1)NO. The van der Waals surface area contributed by atoms with E-state index in [0.29, 0.717) is 16.6 Å². The number of nitrogens with zero attached hydrogens (tertiary/aromatic N) is 1. The number of aliphatic hydroxyl groups is 1. The van der Waals surface area contributed by atoms with Crippen molar-refractivity contribution in [2.24, 2.45) is 0 Å². The van der Waals surface area contributed by atoms with Gasteiger partial charge < -0.3 is 5.11 Å². The number of nitrogens with one attached hydrogen (secondary N) is 1. The Balaban J connectivity index is 1.67. The fourth-order valence-corrected chi connectivity index (χ4v) is 3.81. The number of carbonyl (C=O) groups is 1. The van der Waals surface area contributed by atoms with Crippen LogP contribution in [0, 0.1) is 0 Å². The number of rotatable bonds is 6. The van der Waals surface area contributed by atoms with E-state index in [1.165, 1.54) is 11.6 Å². The second kappa shape index (κ2) is 9.54. The molecule has 2 atom stereocenters. The van der Waals surface area contributed by atoms with Gasteiger partial charge in [0.05, 0.1) is 16.1 Å². The molecule has 2 aromatic carbocycles. The molecule has 7 heteroatoms. The van der Waals surface area contributed by atoms with Gasteiger partial charge in [-0.05, 0) is 54.3 Å². The minimum absolute atomic E-state index is 0.233. The molecule has 3 rings (SSSR count). The van der Waals surface area contributed by atoms with Gasteiger partial charge in [-0.2, -0.15) is 0 Å². The lowest BCUT2D eigenvalue weighted by Gasteiger charge is -2.27. The number of benzene rings is 2. The minimum atomic E-state index is -0.644. The monoisotopic (exact) mass is 420 g/mol. The van der Waals surface area contributed by atoms with Crippen molar-refractivity contribution in [2.45, 2.75) is 25.0 Å². The number of amides is 1. The summed E-state index contributed by atoms with van der Waals surface area (Å²) in [6, 6.07) is 13.4. The maximum absolute atomic E-state index is 11.1. The second-order valence-corrected chi connectivity index (χ2v) is 7.63. The molecule has 2 aromatic rings. The molecule has 0 aromatic heterocycles. The molecule has 28 heavy (non-hydrogen) atoms. The number of hydroxylamine groups is 1. The Bertz CT molecular complexity index is 855. The van der Waals surface area contributed by atoms with Gasteiger partial charge in [0, 0.05) is 18.7 Å². The first-order chi connectivity index (χ1) is 13.5. The van der Waals surface area contributed by atoms with Gasteiger partial charge in [-0.25, -0.2) is 5.48 Å². The Morgan fingerprint density at radius 2 is 1.96 bits per heavy atom. The van der Waals surface area contributed by atoms with Crippen LogP contribution in [0.25, 0.3) is 6.08 Å². The van der Waals surface area contributed by atoms with Gasteiger partial charge in [-0.1, -0.05) is 53.5 Å². The van der Waals surface area contributed by atoms with Gasteiger partial charge in [0.1, 0.15) is 0 Å². The van der Waals surface area contributed by atoms with Crippen molar-refractivity contribution in [2.75, 3.05) is 13.1 Å². The van der Waals surface area contributed by atoms with Gasteiger partial charge in [0.2, 0.25) is 0 Å². The van der Waals surface area contributed by atoms with E-state index in [-0.39, 0.29) is 6.04 Å². The highest BCUT2D eigenvalue weighted by atomic mass is 35.5. The highest BCUT2D eigenvalue weighted by molar-refractivity contribution is 6.42. The zero-order valence-corrected chi connectivity index (χ0v) is 16.7. The first-order valence-corrected chi connectivity index (χ1v) is 9.82. The fourth-order valence-electron chi connectivity index (χ4n) is 3.51. The van der Waals surface area contributed by atoms with Crippen LogP contribution < -0.4 is 5.48 Å². The Hall–Kier alpha value is -1.89. The van der Waals surface area contributed by atoms with E-state index in [9.17, 15) is 9.90 Å². The number of halogens is 2. The van der Waals surface area contributed by atoms with E-state index in [1.807, 2.05) is 24.3 Å². The summed E-state index contributed by atoms with van der Waals surface area (Å²) in [6.07, 6.45) is 4.35. The number of aliphatic hydroxyl groups excluding tert-OH is 1. The van der Waals surface area contributed by atoms with Crippen molar-refractivity contribution >= 4 is 35.2 Å². The molecule has 1 saturated heterocycles. The van der Waals surface area contributed by atoms with Gasteiger partial charge >= 0.3 is 0 Å². The molecular formula is C21H22Cl2N2O3. The normalized spacial score (nSPS) is 18.5. The van der Waals surface area contributed by atoms with E-state index in [2.05, 4.69) is 4.90 Å². The zero-order chi connectivity index (χ0) is 20.1. The zero-order valence-electron chi connectivity index (χ0n) is 15.2. The van der Waals surface area contributed by atoms with Crippen LogP contribution in [0.2, 0.25) is 10.0 Å². The molecule has 0 bridgehead atoms. The van der Waals surface area contributed by atoms with Crippen molar-refractivity contribution in [3.63, 3.8) is 0 Å². The van der Waals surface area contributed by atoms with Crippen molar-refractivity contribution in [3.05, 3.63) is 75.3 Å². The molecule has 1 aliphatic rings. The van der Waals surface area contributed by atoms with E-state index in [0.717, 1.165) is 30.5 Å². The molecule has 1 heterocycles. The van der Waals surface area contributed by atoms with Gasteiger partial charge in [0.25, 0.3) is 5.91 Å². The Morgan fingerprint density at radius 3 is 2.64 bits per heavy atom. The number of hydrogen-bond acceptors (Lipinski definition) is 4. The third-order valence-electron chi connectivity index (χ3n) is 4.96. The first-order valence-electron chi connectivity index (χ1n) is 9.07. The summed E-state index contributed by atoms with van der Waals surface area (Å²) in [5.74, 6) is -0.567. The Morgan fingerprint density at radius 1 is 1.21 bits per heavy atom. The molecule has 0 aliphatic carbocycles. The summed E-state index contributed by atoms with van der Waals surface area (Å²) in [5, 5.41) is 20.1. The highest BCUT2D eigenvalue weighted by Gasteiger charge is 2.28. The molecule has 1 aliphatic heterocycles. The average Bonchev–Trinajstić information content (AvgIpc) is 3.16. The van der Waals surface area contributed by atoms with Crippen molar-refractivity contribution in [1.29, 1.82) is 0 Å². The van der Waals surface area contributed by atoms with E-state index in [1.54, 1.807) is 29.8 Å². The van der Waals surface area contributed by atoms with Crippen LogP contribution in [0.3, 0.4) is 0 Å². The lowest BCUT2D eigenvalue weighted by atomic mass is 10.0. The Kier molecular flexibility index (Phi) is 7.10. The summed E-state index contributed by atoms with van der Waals surface area (Å²) in [7, 11) is 0. The van der Waals surface area contributed by atoms with Crippen LogP contribution in [0.15, 0.2) is 48.5 Å². The maximum atomic E-state index is 11.1. The van der Waals surface area contributed by atoms with E-state index in [4.69, 9.17) is 28.4 Å². The maximum Gasteiger partial charge on any atom is 0.267 e. The lowest BCUT2D eigenvalue weighted by molar-refractivity contribution is -0.124. The van der Waals surface area contributed by atoms with Crippen molar-refractivity contribution in [1.82, 2.24) is 10.4 Å². The highest BCUT2D eigenvalue weighted by Crippen LogP contribution is 2.34. The summed E-state index contributed by atoms with van der Waals surface area (Å²) in [6.45, 7) is 1.43. The lowest BCUT2D eigenvalue weighted by Crippen LogP contribution is -2.28. The van der Waals surface area contributed by atoms with Crippen LogP contribution in [-0.4, -0.2) is 34.2 Å². The molecule has 0 spiro atoms. The van der Waals surface area contributed by atoms with Crippen molar-refractivity contribution in [3.8, 4) is 0 Å². The second-order valence-electron chi connectivity index (χ2n) is 6.82. The van der Waals surface area contributed by atoms with E-state index >= 15 is 0 Å². The molecule has 2 unspecified atom stereocenters. The summed E-state index contributed by atoms with van der Waals surface area (Å²) in [5.41, 5.74) is 4.35. The quantitative estimate of drug-likeness (QED) is 0.368. The van der Waals surface area contributed by atoms with Crippen LogP contribution in [0.5, 0.6) is 0 Å². The van der Waals surface area contributed by atoms with E-state index < -0.39 is 12.0 Å². The van der Waals surface area contributed by atoms with Crippen LogP contribution in [-0.2, 0) is 4.79 Å². The predicted octanol–water partition coefficient (Wildman–Crippen LogP) is 4.38. The molecule has 1 fully saturated rings.